The minimum atomic E-state index is -0.959. The van der Waals surface area contributed by atoms with Gasteiger partial charge in [-0.2, -0.15) is 0 Å². The molecule has 1 aliphatic heterocycles. The Bertz CT molecular complexity index is 535. The van der Waals surface area contributed by atoms with Gasteiger partial charge in [-0.3, -0.25) is 4.79 Å². The average Bonchev–Trinajstić information content (AvgIpc) is 2.41. The molecule has 1 saturated heterocycles. The highest BCUT2D eigenvalue weighted by Crippen LogP contribution is 2.43. The van der Waals surface area contributed by atoms with Gasteiger partial charge < -0.3 is 15.2 Å². The van der Waals surface area contributed by atoms with Crippen LogP contribution in [0.25, 0.3) is 0 Å². The Hall–Kier alpha value is -0.970. The van der Waals surface area contributed by atoms with E-state index in [0.717, 1.165) is 12.0 Å². The van der Waals surface area contributed by atoms with Gasteiger partial charge in [0.15, 0.2) is 0 Å². The molecular weight excluding hydrogens is 301 g/mol. The molecule has 2 N–H and O–H groups in total. The van der Waals surface area contributed by atoms with Gasteiger partial charge >= 0.3 is 5.97 Å². The van der Waals surface area contributed by atoms with Crippen molar-refractivity contribution in [3.63, 3.8) is 0 Å². The van der Waals surface area contributed by atoms with Gasteiger partial charge in [-0.25, -0.2) is 0 Å². The molecule has 0 aromatic heterocycles. The van der Waals surface area contributed by atoms with E-state index >= 15 is 0 Å². The largest absolute Gasteiger partial charge is 0.496 e. The number of hydrogen-bond acceptors (Lipinski definition) is 3. The quantitative estimate of drug-likeness (QED) is 0.898. The van der Waals surface area contributed by atoms with E-state index < -0.39 is 11.5 Å². The van der Waals surface area contributed by atoms with Crippen LogP contribution in [0.15, 0.2) is 12.1 Å². The Morgan fingerprint density at radius 3 is 2.80 bits per heavy atom. The van der Waals surface area contributed by atoms with Gasteiger partial charge in [-0.15, -0.1) is 0 Å². The summed E-state index contributed by atoms with van der Waals surface area (Å²) < 4.78 is 5.35. The normalized spacial score (nSPS) is 26.3. The predicted octanol–water partition coefficient (Wildman–Crippen LogP) is 3.31. The van der Waals surface area contributed by atoms with E-state index in [1.165, 1.54) is 0 Å². The number of rotatable bonds is 3. The van der Waals surface area contributed by atoms with Crippen LogP contribution >= 0.6 is 23.2 Å². The topological polar surface area (TPSA) is 58.6 Å². The summed E-state index contributed by atoms with van der Waals surface area (Å²) in [4.78, 5) is 11.4. The first-order valence-electron chi connectivity index (χ1n) is 6.39. The molecule has 2 unspecified atom stereocenters. The maximum absolute atomic E-state index is 11.4. The van der Waals surface area contributed by atoms with Crippen molar-refractivity contribution in [2.75, 3.05) is 13.7 Å². The van der Waals surface area contributed by atoms with Crippen LogP contribution in [-0.2, 0) is 4.79 Å². The van der Waals surface area contributed by atoms with E-state index in [4.69, 9.17) is 27.9 Å². The first-order chi connectivity index (χ1) is 9.39. The molecule has 0 aliphatic carbocycles. The molecule has 20 heavy (non-hydrogen) atoms. The summed E-state index contributed by atoms with van der Waals surface area (Å²) in [5, 5.41) is 13.3. The minimum Gasteiger partial charge on any atom is -0.496 e. The van der Waals surface area contributed by atoms with Crippen LogP contribution in [0.2, 0.25) is 10.0 Å². The Morgan fingerprint density at radius 1 is 1.50 bits per heavy atom. The molecule has 1 fully saturated rings. The molecule has 0 radical (unpaired) electrons. The van der Waals surface area contributed by atoms with Gasteiger partial charge in [-0.1, -0.05) is 23.2 Å². The molecule has 6 heteroatoms. The lowest BCUT2D eigenvalue weighted by atomic mass is 9.79. The van der Waals surface area contributed by atoms with Crippen molar-refractivity contribution >= 4 is 29.2 Å². The summed E-state index contributed by atoms with van der Waals surface area (Å²) in [5.74, 6) is -0.211. The summed E-state index contributed by atoms with van der Waals surface area (Å²) in [7, 11) is 1.57. The SMILES string of the molecule is COc1ccc(Cl)c(Cl)c1C1CCNC(C)(C(=O)O)C1. The number of hydrogen-bond donors (Lipinski definition) is 2. The zero-order valence-electron chi connectivity index (χ0n) is 11.4. The molecule has 0 amide bonds. The molecule has 0 bridgehead atoms. The number of carbonyl (C=O) groups is 1. The standard InChI is InChI=1S/C14H17Cl2NO3/c1-14(13(18)19)7-8(5-6-17-14)11-10(20-2)4-3-9(15)12(11)16/h3-4,8,17H,5-7H2,1-2H3,(H,18,19). The fourth-order valence-corrected chi connectivity index (χ4v) is 3.18. The smallest absolute Gasteiger partial charge is 0.323 e. The van der Waals surface area contributed by atoms with Crippen molar-refractivity contribution in [3.05, 3.63) is 27.7 Å². The highest BCUT2D eigenvalue weighted by molar-refractivity contribution is 6.42. The van der Waals surface area contributed by atoms with Crippen molar-refractivity contribution in [2.45, 2.75) is 31.2 Å². The number of aliphatic carboxylic acids is 1. The summed E-state index contributed by atoms with van der Waals surface area (Å²) in [6.45, 7) is 2.30. The molecule has 0 spiro atoms. The molecule has 1 heterocycles. The van der Waals surface area contributed by atoms with Crippen molar-refractivity contribution in [1.29, 1.82) is 0 Å². The first kappa shape index (κ1) is 15.4. The second kappa shape index (κ2) is 5.80. The summed E-state index contributed by atoms with van der Waals surface area (Å²) in [6, 6.07) is 3.45. The van der Waals surface area contributed by atoms with Crippen LogP contribution < -0.4 is 10.1 Å². The number of halogens is 2. The number of piperidine rings is 1. The lowest BCUT2D eigenvalue weighted by Crippen LogP contribution is -2.54. The maximum atomic E-state index is 11.4. The lowest BCUT2D eigenvalue weighted by Gasteiger charge is -2.37. The predicted molar refractivity (Wildman–Crippen MR) is 79.0 cm³/mol. The molecule has 1 aromatic carbocycles. The molecule has 110 valence electrons. The molecule has 2 atom stereocenters. The van der Waals surface area contributed by atoms with Gasteiger partial charge in [0.25, 0.3) is 0 Å². The third-order valence-corrected chi connectivity index (χ3v) is 4.67. The van der Waals surface area contributed by atoms with Crippen molar-refractivity contribution < 1.29 is 14.6 Å². The first-order valence-corrected chi connectivity index (χ1v) is 7.15. The van der Waals surface area contributed by atoms with Gasteiger partial charge in [0.1, 0.15) is 11.3 Å². The average molecular weight is 318 g/mol. The Morgan fingerprint density at radius 2 is 2.20 bits per heavy atom. The van der Waals surface area contributed by atoms with Crippen molar-refractivity contribution in [2.24, 2.45) is 0 Å². The second-order valence-corrected chi connectivity index (χ2v) is 6.02. The van der Waals surface area contributed by atoms with E-state index in [1.54, 1.807) is 26.2 Å². The molecule has 4 nitrogen and oxygen atoms in total. The third kappa shape index (κ3) is 2.73. The van der Waals surface area contributed by atoms with E-state index in [2.05, 4.69) is 5.32 Å². The lowest BCUT2D eigenvalue weighted by molar-refractivity contribution is -0.145. The van der Waals surface area contributed by atoms with Crippen LogP contribution in [0, 0.1) is 0 Å². The van der Waals surface area contributed by atoms with E-state index in [9.17, 15) is 9.90 Å². The second-order valence-electron chi connectivity index (χ2n) is 5.23. The zero-order chi connectivity index (χ0) is 14.9. The number of methoxy groups -OCH3 is 1. The summed E-state index contributed by atoms with van der Waals surface area (Å²) in [5.41, 5.74) is -0.157. The van der Waals surface area contributed by atoms with E-state index in [-0.39, 0.29) is 5.92 Å². The zero-order valence-corrected chi connectivity index (χ0v) is 12.9. The number of ether oxygens (including phenoxy) is 1. The van der Waals surface area contributed by atoms with Crippen LogP contribution in [0.3, 0.4) is 0 Å². The van der Waals surface area contributed by atoms with Crippen molar-refractivity contribution in [1.82, 2.24) is 5.32 Å². The van der Waals surface area contributed by atoms with Crippen molar-refractivity contribution in [3.8, 4) is 5.75 Å². The van der Waals surface area contributed by atoms with Crippen LogP contribution in [0.5, 0.6) is 5.75 Å². The van der Waals surface area contributed by atoms with Gasteiger partial charge in [0.05, 0.1) is 17.2 Å². The van der Waals surface area contributed by atoms with E-state index in [1.807, 2.05) is 0 Å². The van der Waals surface area contributed by atoms with Crippen LogP contribution in [0.4, 0.5) is 0 Å². The number of carboxylic acids is 1. The van der Waals surface area contributed by atoms with Crippen LogP contribution in [-0.4, -0.2) is 30.3 Å². The Kier molecular flexibility index (Phi) is 4.47. The Balaban J connectivity index is 2.41. The highest BCUT2D eigenvalue weighted by Gasteiger charge is 2.40. The number of carboxylic acid groups (broad SMARTS) is 1. The third-order valence-electron chi connectivity index (χ3n) is 3.86. The maximum Gasteiger partial charge on any atom is 0.323 e. The van der Waals surface area contributed by atoms with Crippen LogP contribution in [0.1, 0.15) is 31.2 Å². The highest BCUT2D eigenvalue weighted by atomic mass is 35.5. The van der Waals surface area contributed by atoms with E-state index in [0.29, 0.717) is 28.8 Å². The monoisotopic (exact) mass is 317 g/mol. The number of nitrogens with one attached hydrogen (secondary N) is 1. The molecule has 0 saturated carbocycles. The minimum absolute atomic E-state index is 0.00139. The molecule has 1 aliphatic rings. The summed E-state index contributed by atoms with van der Waals surface area (Å²) in [6.07, 6.45) is 1.23. The fraction of sp³-hybridized carbons (Fsp3) is 0.500. The van der Waals surface area contributed by atoms with Gasteiger partial charge in [-0.05, 0) is 44.4 Å². The van der Waals surface area contributed by atoms with Gasteiger partial charge in [0.2, 0.25) is 0 Å². The fourth-order valence-electron chi connectivity index (χ4n) is 2.71. The Labute approximate surface area is 128 Å². The molecular formula is C14H17Cl2NO3. The summed E-state index contributed by atoms with van der Waals surface area (Å²) >= 11 is 12.4. The molecule has 1 aromatic rings. The molecule has 2 rings (SSSR count). The number of benzene rings is 1. The van der Waals surface area contributed by atoms with Gasteiger partial charge in [0, 0.05) is 5.56 Å².